The highest BCUT2D eigenvalue weighted by Crippen LogP contribution is 2.17. The van der Waals surface area contributed by atoms with Crippen LogP contribution < -0.4 is 10.6 Å². The molecule has 2 heterocycles. The summed E-state index contributed by atoms with van der Waals surface area (Å²) in [4.78, 5) is 24.8. The van der Waals surface area contributed by atoms with Gasteiger partial charge < -0.3 is 9.84 Å². The molecule has 1 amide bonds. The molecule has 0 aliphatic carbocycles. The molecule has 2 rings (SSSR count). The molecular formula is C13H18N6O2. The highest BCUT2D eigenvalue weighted by Gasteiger charge is 2.18. The van der Waals surface area contributed by atoms with Gasteiger partial charge in [0.05, 0.1) is 11.9 Å². The van der Waals surface area contributed by atoms with Crippen molar-refractivity contribution < 1.29 is 9.32 Å². The first kappa shape index (κ1) is 14.9. The first-order valence-electron chi connectivity index (χ1n) is 6.73. The van der Waals surface area contributed by atoms with Gasteiger partial charge in [-0.1, -0.05) is 19.0 Å². The van der Waals surface area contributed by atoms with E-state index in [1.165, 1.54) is 0 Å². The zero-order valence-electron chi connectivity index (χ0n) is 12.5. The van der Waals surface area contributed by atoms with E-state index in [9.17, 15) is 4.79 Å². The van der Waals surface area contributed by atoms with Crippen molar-refractivity contribution in [3.63, 3.8) is 0 Å². The first-order chi connectivity index (χ1) is 10.0. The number of rotatable bonds is 5. The van der Waals surface area contributed by atoms with Crippen LogP contribution in [0.25, 0.3) is 0 Å². The van der Waals surface area contributed by atoms with E-state index in [1.54, 1.807) is 13.1 Å². The van der Waals surface area contributed by atoms with E-state index < -0.39 is 5.91 Å². The fourth-order valence-corrected chi connectivity index (χ4v) is 1.67. The molecule has 0 unspecified atom stereocenters. The largest absolute Gasteiger partial charge is 0.382 e. The number of aryl methyl sites for hydroxylation is 1. The smallest absolute Gasteiger partial charge is 0.328 e. The van der Waals surface area contributed by atoms with Crippen molar-refractivity contribution in [2.24, 2.45) is 0 Å². The summed E-state index contributed by atoms with van der Waals surface area (Å²) >= 11 is 0. The summed E-state index contributed by atoms with van der Waals surface area (Å²) in [5.41, 5.74) is 0.821. The van der Waals surface area contributed by atoms with Gasteiger partial charge in [0.25, 0.3) is 5.91 Å². The van der Waals surface area contributed by atoms with Crippen molar-refractivity contribution in [1.29, 1.82) is 0 Å². The van der Waals surface area contributed by atoms with Gasteiger partial charge in [-0.3, -0.25) is 10.1 Å². The Morgan fingerprint density at radius 2 is 2.14 bits per heavy atom. The zero-order valence-corrected chi connectivity index (χ0v) is 12.5. The molecule has 0 saturated carbocycles. The fraction of sp³-hybridized carbons (Fsp3) is 0.462. The second-order valence-corrected chi connectivity index (χ2v) is 4.78. The average Bonchev–Trinajstić information content (AvgIpc) is 2.84. The molecule has 0 aliphatic rings. The van der Waals surface area contributed by atoms with Crippen molar-refractivity contribution in [3.8, 4) is 0 Å². The van der Waals surface area contributed by atoms with Crippen LogP contribution in [0.2, 0.25) is 0 Å². The highest BCUT2D eigenvalue weighted by atomic mass is 16.5. The molecule has 0 radical (unpaired) electrons. The van der Waals surface area contributed by atoms with Crippen molar-refractivity contribution >= 4 is 17.6 Å². The standard InChI is InChI=1S/C13H18N6O2/c1-5-14-9-6-15-11(7(2)3)17-10(9)12(20)18-13-16-8(4)19-21-13/h6-7,14H,5H2,1-4H3,(H,16,18,19,20). The van der Waals surface area contributed by atoms with Crippen LogP contribution in [0.15, 0.2) is 10.7 Å². The average molecular weight is 290 g/mol. The van der Waals surface area contributed by atoms with Gasteiger partial charge in [0.2, 0.25) is 0 Å². The first-order valence-corrected chi connectivity index (χ1v) is 6.73. The number of hydrogen-bond acceptors (Lipinski definition) is 7. The SMILES string of the molecule is CCNc1cnc(C(C)C)nc1C(=O)Nc1nc(C)no1. The van der Waals surface area contributed by atoms with Gasteiger partial charge in [0.15, 0.2) is 11.5 Å². The van der Waals surface area contributed by atoms with Crippen LogP contribution >= 0.6 is 0 Å². The van der Waals surface area contributed by atoms with Crippen molar-refractivity contribution in [1.82, 2.24) is 20.1 Å². The van der Waals surface area contributed by atoms with Crippen LogP contribution in [0, 0.1) is 6.92 Å². The Hall–Kier alpha value is -2.51. The van der Waals surface area contributed by atoms with Gasteiger partial charge in [-0.05, 0) is 13.8 Å². The summed E-state index contributed by atoms with van der Waals surface area (Å²) < 4.78 is 4.88. The number of aromatic nitrogens is 4. The Bertz CT molecular complexity index is 637. The summed E-state index contributed by atoms with van der Waals surface area (Å²) in [6.07, 6.45) is 1.61. The maximum atomic E-state index is 12.3. The number of nitrogens with zero attached hydrogens (tertiary/aromatic N) is 4. The molecule has 0 aromatic carbocycles. The lowest BCUT2D eigenvalue weighted by Gasteiger charge is -2.11. The minimum absolute atomic E-state index is 0.0460. The Morgan fingerprint density at radius 3 is 2.71 bits per heavy atom. The number of anilines is 2. The number of amides is 1. The minimum Gasteiger partial charge on any atom is -0.382 e. The van der Waals surface area contributed by atoms with Gasteiger partial charge >= 0.3 is 6.01 Å². The van der Waals surface area contributed by atoms with E-state index in [2.05, 4.69) is 30.7 Å². The van der Waals surface area contributed by atoms with E-state index in [-0.39, 0.29) is 17.6 Å². The lowest BCUT2D eigenvalue weighted by Crippen LogP contribution is -2.18. The van der Waals surface area contributed by atoms with E-state index in [4.69, 9.17) is 4.52 Å². The van der Waals surface area contributed by atoms with Crippen LogP contribution in [0.4, 0.5) is 11.7 Å². The monoisotopic (exact) mass is 290 g/mol. The molecule has 2 aromatic rings. The third-order valence-electron chi connectivity index (χ3n) is 2.65. The van der Waals surface area contributed by atoms with Crippen LogP contribution in [-0.2, 0) is 0 Å². The maximum Gasteiger partial charge on any atom is 0.328 e. The molecule has 8 nitrogen and oxygen atoms in total. The van der Waals surface area contributed by atoms with E-state index in [1.807, 2.05) is 20.8 Å². The van der Waals surface area contributed by atoms with E-state index in [0.29, 0.717) is 23.9 Å². The normalized spacial score (nSPS) is 10.7. The number of hydrogen-bond donors (Lipinski definition) is 2. The summed E-state index contributed by atoms with van der Waals surface area (Å²) in [5.74, 6) is 0.753. The van der Waals surface area contributed by atoms with Crippen LogP contribution in [0.5, 0.6) is 0 Å². The van der Waals surface area contributed by atoms with Gasteiger partial charge in [-0.15, -0.1) is 0 Å². The minimum atomic E-state index is -0.418. The number of carbonyl (C=O) groups excluding carboxylic acids is 1. The number of carbonyl (C=O) groups is 1. The van der Waals surface area contributed by atoms with Gasteiger partial charge in [0, 0.05) is 12.5 Å². The summed E-state index contributed by atoms with van der Waals surface area (Å²) in [6, 6.07) is 0.0460. The molecule has 0 spiro atoms. The summed E-state index contributed by atoms with van der Waals surface area (Å²) in [6.45, 7) is 8.19. The molecule has 0 atom stereocenters. The lowest BCUT2D eigenvalue weighted by atomic mass is 10.2. The molecule has 0 fully saturated rings. The highest BCUT2D eigenvalue weighted by molar-refractivity contribution is 6.05. The third kappa shape index (κ3) is 3.53. The second kappa shape index (κ2) is 6.29. The molecular weight excluding hydrogens is 272 g/mol. The van der Waals surface area contributed by atoms with Gasteiger partial charge in [0.1, 0.15) is 5.82 Å². The Labute approximate surface area is 122 Å². The molecule has 0 aliphatic heterocycles. The lowest BCUT2D eigenvalue weighted by molar-refractivity contribution is 0.101. The zero-order chi connectivity index (χ0) is 15.4. The molecule has 21 heavy (non-hydrogen) atoms. The summed E-state index contributed by atoms with van der Waals surface area (Å²) in [7, 11) is 0. The molecule has 112 valence electrons. The quantitative estimate of drug-likeness (QED) is 0.867. The van der Waals surface area contributed by atoms with Crippen LogP contribution in [-0.4, -0.2) is 32.6 Å². The predicted octanol–water partition coefficient (Wildman–Crippen LogP) is 1.98. The van der Waals surface area contributed by atoms with Crippen LogP contribution in [0.3, 0.4) is 0 Å². The Balaban J connectivity index is 2.30. The third-order valence-corrected chi connectivity index (χ3v) is 2.65. The molecule has 0 saturated heterocycles. The molecule has 2 aromatic heterocycles. The molecule has 0 bridgehead atoms. The van der Waals surface area contributed by atoms with Crippen LogP contribution in [0.1, 0.15) is 48.8 Å². The maximum absolute atomic E-state index is 12.3. The van der Waals surface area contributed by atoms with E-state index >= 15 is 0 Å². The Morgan fingerprint density at radius 1 is 1.38 bits per heavy atom. The van der Waals surface area contributed by atoms with Gasteiger partial charge in [-0.2, -0.15) is 4.98 Å². The topological polar surface area (TPSA) is 106 Å². The second-order valence-electron chi connectivity index (χ2n) is 4.78. The Kier molecular flexibility index (Phi) is 4.46. The van der Waals surface area contributed by atoms with Crippen molar-refractivity contribution in [2.75, 3.05) is 17.2 Å². The molecule has 2 N–H and O–H groups in total. The predicted molar refractivity (Wildman–Crippen MR) is 77.3 cm³/mol. The molecule has 8 heteroatoms. The number of nitrogens with one attached hydrogen (secondary N) is 2. The summed E-state index contributed by atoms with van der Waals surface area (Å²) in [5, 5.41) is 9.21. The van der Waals surface area contributed by atoms with E-state index in [0.717, 1.165) is 0 Å². The van der Waals surface area contributed by atoms with Crippen molar-refractivity contribution in [2.45, 2.75) is 33.6 Å². The van der Waals surface area contributed by atoms with Crippen molar-refractivity contribution in [3.05, 3.63) is 23.5 Å². The van der Waals surface area contributed by atoms with Gasteiger partial charge in [-0.25, -0.2) is 9.97 Å². The fourth-order valence-electron chi connectivity index (χ4n) is 1.67.